The van der Waals surface area contributed by atoms with Crippen LogP contribution in [0.1, 0.15) is 17.5 Å². The molecule has 27 heavy (non-hydrogen) atoms. The van der Waals surface area contributed by atoms with Gasteiger partial charge in [-0.1, -0.05) is 48.5 Å². The van der Waals surface area contributed by atoms with Crippen molar-refractivity contribution in [3.63, 3.8) is 0 Å². The van der Waals surface area contributed by atoms with E-state index in [-0.39, 0.29) is 18.2 Å². The predicted molar refractivity (Wildman–Crippen MR) is 102 cm³/mol. The smallest absolute Gasteiger partial charge is 0.323 e. The summed E-state index contributed by atoms with van der Waals surface area (Å²) in [5, 5.41) is 8.98. The van der Waals surface area contributed by atoms with Crippen molar-refractivity contribution in [1.29, 1.82) is 0 Å². The normalized spacial score (nSPS) is 18.3. The third-order valence-electron chi connectivity index (χ3n) is 5.09. The predicted octanol–water partition coefficient (Wildman–Crippen LogP) is 2.08. The fourth-order valence-electron chi connectivity index (χ4n) is 3.75. The van der Waals surface area contributed by atoms with Gasteiger partial charge in [0.2, 0.25) is 11.8 Å². The van der Waals surface area contributed by atoms with Gasteiger partial charge in [-0.25, -0.2) is 0 Å². The molecule has 2 aromatic rings. The van der Waals surface area contributed by atoms with E-state index in [1.807, 2.05) is 54.6 Å². The van der Waals surface area contributed by atoms with Gasteiger partial charge in [-0.2, -0.15) is 0 Å². The summed E-state index contributed by atoms with van der Waals surface area (Å²) in [4.78, 5) is 39.8. The molecule has 1 aliphatic rings. The lowest BCUT2D eigenvalue weighted by Gasteiger charge is -2.30. The van der Waals surface area contributed by atoms with Crippen molar-refractivity contribution >= 4 is 23.5 Å². The molecule has 0 aromatic heterocycles. The van der Waals surface area contributed by atoms with Crippen LogP contribution in [0.3, 0.4) is 0 Å². The number of amides is 2. The first-order valence-corrected chi connectivity index (χ1v) is 8.72. The summed E-state index contributed by atoms with van der Waals surface area (Å²) in [5.74, 6) is -1.60. The highest BCUT2D eigenvalue weighted by atomic mass is 16.4. The second kappa shape index (κ2) is 7.23. The number of likely N-dealkylation sites (N-methyl/N-ethyl adjacent to an activating group) is 2. The van der Waals surface area contributed by atoms with Gasteiger partial charge in [0.15, 0.2) is 0 Å². The van der Waals surface area contributed by atoms with E-state index in [0.29, 0.717) is 6.42 Å². The molecule has 0 bridgehead atoms. The van der Waals surface area contributed by atoms with Crippen molar-refractivity contribution in [2.45, 2.75) is 18.3 Å². The third-order valence-corrected chi connectivity index (χ3v) is 5.09. The standard InChI is InChI=1S/C21H22N2O4/c1-22(14-19(25)26)18(24)13-21(12-15-8-4-3-5-9-15)16-10-6-7-11-17(16)23(2)20(21)27/h3-11H,12-14H2,1-2H3,(H,25,26)/t21-/m0/s1. The zero-order valence-corrected chi connectivity index (χ0v) is 15.4. The van der Waals surface area contributed by atoms with E-state index in [4.69, 9.17) is 5.11 Å². The molecule has 140 valence electrons. The Bertz CT molecular complexity index is 881. The Balaban J connectivity index is 2.04. The zero-order chi connectivity index (χ0) is 19.6. The number of benzene rings is 2. The monoisotopic (exact) mass is 366 g/mol. The van der Waals surface area contributed by atoms with Crippen molar-refractivity contribution < 1.29 is 19.5 Å². The van der Waals surface area contributed by atoms with Gasteiger partial charge < -0.3 is 14.9 Å². The van der Waals surface area contributed by atoms with Crippen LogP contribution in [0.5, 0.6) is 0 Å². The average Bonchev–Trinajstić information content (AvgIpc) is 2.85. The van der Waals surface area contributed by atoms with Gasteiger partial charge in [0.1, 0.15) is 6.54 Å². The highest BCUT2D eigenvalue weighted by Crippen LogP contribution is 2.45. The molecule has 1 atom stereocenters. The summed E-state index contributed by atoms with van der Waals surface area (Å²) in [6.07, 6.45) is 0.298. The number of carbonyl (C=O) groups is 3. The Kier molecular flexibility index (Phi) is 4.99. The van der Waals surface area contributed by atoms with E-state index in [2.05, 4.69) is 0 Å². The minimum atomic E-state index is -1.08. The number of nitrogens with zero attached hydrogens (tertiary/aromatic N) is 2. The van der Waals surface area contributed by atoms with Gasteiger partial charge in [-0.3, -0.25) is 14.4 Å². The van der Waals surface area contributed by atoms with Crippen LogP contribution in [0.25, 0.3) is 0 Å². The molecule has 1 aliphatic heterocycles. The maximum atomic E-state index is 13.3. The summed E-state index contributed by atoms with van der Waals surface area (Å²) in [6.45, 7) is -0.397. The Morgan fingerprint density at radius 1 is 1.07 bits per heavy atom. The maximum absolute atomic E-state index is 13.3. The number of rotatable bonds is 6. The average molecular weight is 366 g/mol. The minimum Gasteiger partial charge on any atom is -0.480 e. The first kappa shape index (κ1) is 18.6. The Hall–Kier alpha value is -3.15. The molecule has 2 amide bonds. The van der Waals surface area contributed by atoms with Gasteiger partial charge in [0.25, 0.3) is 0 Å². The molecule has 6 heteroatoms. The van der Waals surface area contributed by atoms with E-state index < -0.39 is 17.9 Å². The number of fused-ring (bicyclic) bond motifs is 1. The summed E-state index contributed by atoms with van der Waals surface area (Å²) < 4.78 is 0. The number of hydrogen-bond acceptors (Lipinski definition) is 3. The van der Waals surface area contributed by atoms with Gasteiger partial charge in [0, 0.05) is 26.2 Å². The van der Waals surface area contributed by atoms with E-state index in [9.17, 15) is 14.4 Å². The summed E-state index contributed by atoms with van der Waals surface area (Å²) in [5.41, 5.74) is 1.49. The molecule has 1 N–H and O–H groups in total. The Morgan fingerprint density at radius 3 is 2.37 bits per heavy atom. The largest absolute Gasteiger partial charge is 0.480 e. The van der Waals surface area contributed by atoms with Crippen LogP contribution < -0.4 is 4.90 Å². The molecular formula is C21H22N2O4. The molecule has 2 aromatic carbocycles. The molecule has 0 saturated carbocycles. The Morgan fingerprint density at radius 2 is 1.70 bits per heavy atom. The van der Waals surface area contributed by atoms with Crippen LogP contribution in [-0.2, 0) is 26.2 Å². The molecule has 0 spiro atoms. The number of hydrogen-bond donors (Lipinski definition) is 1. The molecule has 3 rings (SSSR count). The van der Waals surface area contributed by atoms with Crippen molar-refractivity contribution in [2.75, 3.05) is 25.5 Å². The summed E-state index contributed by atoms with van der Waals surface area (Å²) in [7, 11) is 3.15. The van der Waals surface area contributed by atoms with Crippen molar-refractivity contribution in [3.05, 3.63) is 65.7 Å². The van der Waals surface area contributed by atoms with Gasteiger partial charge in [0.05, 0.1) is 5.41 Å². The van der Waals surface area contributed by atoms with Crippen LogP contribution in [0.15, 0.2) is 54.6 Å². The molecule has 1 heterocycles. The number of carboxylic acid groups (broad SMARTS) is 1. The molecular weight excluding hydrogens is 344 g/mol. The van der Waals surface area contributed by atoms with Crippen molar-refractivity contribution in [2.24, 2.45) is 0 Å². The molecule has 0 saturated heterocycles. The second-order valence-electron chi connectivity index (χ2n) is 6.95. The number of para-hydroxylation sites is 1. The highest BCUT2D eigenvalue weighted by Gasteiger charge is 2.51. The zero-order valence-electron chi connectivity index (χ0n) is 15.4. The third kappa shape index (κ3) is 3.43. The molecule has 6 nitrogen and oxygen atoms in total. The quantitative estimate of drug-likeness (QED) is 0.849. The first-order chi connectivity index (χ1) is 12.8. The fourth-order valence-corrected chi connectivity index (χ4v) is 3.75. The molecule has 0 fully saturated rings. The highest BCUT2D eigenvalue weighted by molar-refractivity contribution is 6.10. The number of carbonyl (C=O) groups excluding carboxylic acids is 2. The lowest BCUT2D eigenvalue weighted by molar-refractivity contribution is -0.144. The molecule has 0 unspecified atom stereocenters. The number of aliphatic carboxylic acids is 1. The van der Waals surface area contributed by atoms with Crippen LogP contribution in [-0.4, -0.2) is 48.4 Å². The Labute approximate surface area is 158 Å². The van der Waals surface area contributed by atoms with E-state index in [1.165, 1.54) is 7.05 Å². The molecule has 0 radical (unpaired) electrons. The first-order valence-electron chi connectivity index (χ1n) is 8.72. The van der Waals surface area contributed by atoms with E-state index in [1.54, 1.807) is 11.9 Å². The van der Waals surface area contributed by atoms with Crippen LogP contribution in [0.2, 0.25) is 0 Å². The summed E-state index contributed by atoms with van der Waals surface area (Å²) >= 11 is 0. The SMILES string of the molecule is CN(CC(=O)O)C(=O)C[C@]1(Cc2ccccc2)C(=O)N(C)c2ccccc21. The van der Waals surface area contributed by atoms with Crippen LogP contribution in [0, 0.1) is 0 Å². The van der Waals surface area contributed by atoms with Crippen molar-refractivity contribution in [3.8, 4) is 0 Å². The topological polar surface area (TPSA) is 77.9 Å². The van der Waals surface area contributed by atoms with Gasteiger partial charge >= 0.3 is 5.97 Å². The number of carboxylic acids is 1. The number of anilines is 1. The van der Waals surface area contributed by atoms with Gasteiger partial charge in [-0.15, -0.1) is 0 Å². The lowest BCUT2D eigenvalue weighted by atomic mass is 9.73. The fraction of sp³-hybridized carbons (Fsp3) is 0.286. The van der Waals surface area contributed by atoms with Gasteiger partial charge in [-0.05, 0) is 23.6 Å². The summed E-state index contributed by atoms with van der Waals surface area (Å²) in [6, 6.07) is 17.0. The lowest BCUT2D eigenvalue weighted by Crippen LogP contribution is -2.45. The molecule has 0 aliphatic carbocycles. The van der Waals surface area contributed by atoms with Crippen molar-refractivity contribution in [1.82, 2.24) is 4.90 Å². The van der Waals surface area contributed by atoms with E-state index >= 15 is 0 Å². The van der Waals surface area contributed by atoms with E-state index in [0.717, 1.165) is 21.7 Å². The van der Waals surface area contributed by atoms with Crippen LogP contribution >= 0.6 is 0 Å². The maximum Gasteiger partial charge on any atom is 0.323 e. The second-order valence-corrected chi connectivity index (χ2v) is 6.95. The minimum absolute atomic E-state index is 0.0775. The van der Waals surface area contributed by atoms with Crippen LogP contribution in [0.4, 0.5) is 5.69 Å².